The molecule has 2 aromatic carbocycles. The molecule has 0 saturated heterocycles. The van der Waals surface area contributed by atoms with Gasteiger partial charge in [-0.25, -0.2) is 0 Å². The van der Waals surface area contributed by atoms with Crippen LogP contribution >= 0.6 is 46.4 Å². The van der Waals surface area contributed by atoms with E-state index in [1.165, 1.54) is 12.1 Å². The Hall–Kier alpha value is -1.79. The maximum atomic E-state index is 11.2. The smallest absolute Gasteiger partial charge is 0.272 e. The lowest BCUT2D eigenvalue weighted by molar-refractivity contribution is -0.475. The Bertz CT molecular complexity index is 1090. The lowest BCUT2D eigenvalue weighted by atomic mass is 10.1. The summed E-state index contributed by atoms with van der Waals surface area (Å²) in [4.78, 5) is 12.7. The third-order valence-corrected chi connectivity index (χ3v) is 6.22. The van der Waals surface area contributed by atoms with Crippen molar-refractivity contribution in [1.82, 2.24) is 0 Å². The number of nitrogens with zero attached hydrogens (tertiary/aromatic N) is 3. The molecule has 9 heteroatoms. The zero-order valence-electron chi connectivity index (χ0n) is 19.7. The highest BCUT2D eigenvalue weighted by Crippen LogP contribution is 2.39. The Morgan fingerprint density at radius 2 is 1.42 bits per heavy atom. The summed E-state index contributed by atoms with van der Waals surface area (Å²) in [5.74, 6) is 0. The molecule has 0 radical (unpaired) electrons. The number of nitro groups is 1. The Balaban J connectivity index is 2.71. The summed E-state index contributed by atoms with van der Waals surface area (Å²) < 4.78 is 1.95. The monoisotopic (exact) mass is 530 g/mol. The number of benzene rings is 2. The van der Waals surface area contributed by atoms with Gasteiger partial charge in [0.25, 0.3) is 5.69 Å². The Morgan fingerprint density at radius 3 is 1.82 bits per heavy atom. The van der Waals surface area contributed by atoms with E-state index in [1.807, 2.05) is 57.4 Å². The highest BCUT2D eigenvalue weighted by molar-refractivity contribution is 6.39. The molecule has 0 bridgehead atoms. The van der Waals surface area contributed by atoms with Gasteiger partial charge in [-0.1, -0.05) is 46.4 Å². The topological polar surface area (TPSA) is 49.4 Å². The SMILES string of the molecule is CC(=CC(C)=[N+](c1c(Cl)cc([N+](=O)[O-])cc1Cl)C(C)C)N(c1c(Cl)cc(C)cc1Cl)C(C)C. The van der Waals surface area contributed by atoms with Crippen molar-refractivity contribution in [1.29, 1.82) is 0 Å². The number of hydrogen-bond donors (Lipinski definition) is 0. The summed E-state index contributed by atoms with van der Waals surface area (Å²) in [5.41, 5.74) is 3.85. The molecule has 0 atom stereocenters. The van der Waals surface area contributed by atoms with Crippen LogP contribution in [0.1, 0.15) is 47.1 Å². The van der Waals surface area contributed by atoms with E-state index in [4.69, 9.17) is 46.4 Å². The fraction of sp³-hybridized carbons (Fsp3) is 0.375. The van der Waals surface area contributed by atoms with Crippen LogP contribution in [0.5, 0.6) is 0 Å². The minimum absolute atomic E-state index is 0.0236. The number of hydrogen-bond acceptors (Lipinski definition) is 3. The largest absolute Gasteiger partial charge is 0.340 e. The molecule has 0 aliphatic heterocycles. The molecule has 0 aliphatic rings. The van der Waals surface area contributed by atoms with Crippen LogP contribution in [-0.2, 0) is 0 Å². The van der Waals surface area contributed by atoms with Crippen molar-refractivity contribution in [2.24, 2.45) is 0 Å². The molecule has 5 nitrogen and oxygen atoms in total. The molecule has 0 unspecified atom stereocenters. The number of non-ortho nitro benzene ring substituents is 1. The van der Waals surface area contributed by atoms with Crippen molar-refractivity contribution in [3.05, 3.63) is 71.8 Å². The number of allylic oxidation sites excluding steroid dienone is 2. The summed E-state index contributed by atoms with van der Waals surface area (Å²) in [7, 11) is 0. The van der Waals surface area contributed by atoms with Gasteiger partial charge in [-0.15, -0.1) is 0 Å². The van der Waals surface area contributed by atoms with Crippen LogP contribution in [0.4, 0.5) is 17.1 Å². The van der Waals surface area contributed by atoms with Crippen molar-refractivity contribution in [2.45, 2.75) is 60.5 Å². The fourth-order valence-electron chi connectivity index (χ4n) is 3.94. The summed E-state index contributed by atoms with van der Waals surface area (Å²) in [6.45, 7) is 14.0. The van der Waals surface area contributed by atoms with Gasteiger partial charge in [0.2, 0.25) is 5.69 Å². The van der Waals surface area contributed by atoms with E-state index in [0.717, 1.165) is 22.7 Å². The first-order valence-electron chi connectivity index (χ1n) is 10.5. The van der Waals surface area contributed by atoms with Crippen LogP contribution in [0.25, 0.3) is 0 Å². The molecule has 0 fully saturated rings. The fourth-order valence-corrected chi connectivity index (χ4v) is 5.37. The standard InChI is InChI=1S/C24H28Cl4N3O2/c1-13(2)29(23-19(25)8-15(5)9-20(23)26)16(6)10-17(7)30(14(3)4)24-21(27)11-18(31(32)33)12-22(24)28/h8-14H,1-7H3/q+1. The molecule has 33 heavy (non-hydrogen) atoms. The van der Waals surface area contributed by atoms with Crippen molar-refractivity contribution < 1.29 is 9.50 Å². The van der Waals surface area contributed by atoms with Gasteiger partial charge in [-0.3, -0.25) is 10.1 Å². The van der Waals surface area contributed by atoms with Crippen molar-refractivity contribution >= 4 is 69.2 Å². The first kappa shape index (κ1) is 27.5. The van der Waals surface area contributed by atoms with Crippen LogP contribution in [0.15, 0.2) is 36.0 Å². The minimum atomic E-state index is -0.516. The van der Waals surface area contributed by atoms with Crippen LogP contribution < -0.4 is 4.90 Å². The maximum Gasteiger partial charge on any atom is 0.272 e. The Kier molecular flexibility index (Phi) is 9.23. The second-order valence-electron chi connectivity index (χ2n) is 8.45. The number of nitro benzene ring substituents is 1. The molecule has 2 rings (SSSR count). The van der Waals surface area contributed by atoms with E-state index in [9.17, 15) is 10.1 Å². The van der Waals surface area contributed by atoms with Crippen molar-refractivity contribution in [2.75, 3.05) is 4.90 Å². The normalized spacial score (nSPS) is 12.9. The Morgan fingerprint density at radius 1 is 0.939 bits per heavy atom. The van der Waals surface area contributed by atoms with Gasteiger partial charge < -0.3 is 4.90 Å². The molecular formula is C24H28Cl4N3O2+. The summed E-state index contributed by atoms with van der Waals surface area (Å²) in [6, 6.07) is 6.45. The predicted molar refractivity (Wildman–Crippen MR) is 141 cm³/mol. The molecule has 2 aromatic rings. The third kappa shape index (κ3) is 6.21. The van der Waals surface area contributed by atoms with Crippen molar-refractivity contribution in [3.8, 4) is 0 Å². The van der Waals surface area contributed by atoms with Gasteiger partial charge in [-0.2, -0.15) is 4.58 Å². The van der Waals surface area contributed by atoms with Gasteiger partial charge in [0.1, 0.15) is 10.0 Å². The molecule has 0 aromatic heterocycles. The van der Waals surface area contributed by atoms with Crippen LogP contribution in [0, 0.1) is 17.0 Å². The zero-order valence-corrected chi connectivity index (χ0v) is 22.7. The highest BCUT2D eigenvalue weighted by atomic mass is 35.5. The molecule has 0 aliphatic carbocycles. The highest BCUT2D eigenvalue weighted by Gasteiger charge is 2.28. The van der Waals surface area contributed by atoms with E-state index >= 15 is 0 Å². The van der Waals surface area contributed by atoms with Gasteiger partial charge in [0.15, 0.2) is 11.8 Å². The number of rotatable bonds is 7. The van der Waals surface area contributed by atoms with E-state index in [2.05, 4.69) is 18.7 Å². The molecule has 0 amide bonds. The number of aryl methyl sites for hydroxylation is 1. The molecular weight excluding hydrogens is 504 g/mol. The summed E-state index contributed by atoms with van der Waals surface area (Å²) >= 11 is 26.1. The second kappa shape index (κ2) is 11.1. The van der Waals surface area contributed by atoms with Crippen LogP contribution in [0.2, 0.25) is 20.1 Å². The maximum absolute atomic E-state index is 11.2. The van der Waals surface area contributed by atoms with Gasteiger partial charge in [0.05, 0.1) is 20.7 Å². The Labute approximate surface area is 215 Å². The lowest BCUT2D eigenvalue weighted by Crippen LogP contribution is -2.30. The van der Waals surface area contributed by atoms with Crippen LogP contribution in [-0.4, -0.2) is 27.3 Å². The summed E-state index contributed by atoms with van der Waals surface area (Å²) in [5, 5.41) is 12.7. The number of halogens is 4. The predicted octanol–water partition coefficient (Wildman–Crippen LogP) is 8.85. The average molecular weight is 532 g/mol. The number of anilines is 1. The quantitative estimate of drug-likeness (QED) is 0.155. The zero-order chi connectivity index (χ0) is 25.2. The molecule has 178 valence electrons. The lowest BCUT2D eigenvalue weighted by Gasteiger charge is -2.31. The van der Waals surface area contributed by atoms with Crippen molar-refractivity contribution in [3.63, 3.8) is 0 Å². The second-order valence-corrected chi connectivity index (χ2v) is 10.1. The molecule has 0 heterocycles. The molecule has 0 saturated carbocycles. The van der Waals surface area contributed by atoms with Gasteiger partial charge in [-0.05, 0) is 59.2 Å². The van der Waals surface area contributed by atoms with Crippen LogP contribution in [0.3, 0.4) is 0 Å². The molecule has 0 N–H and O–H groups in total. The van der Waals surface area contributed by atoms with E-state index < -0.39 is 4.92 Å². The van der Waals surface area contributed by atoms with E-state index in [-0.39, 0.29) is 27.8 Å². The van der Waals surface area contributed by atoms with E-state index in [0.29, 0.717) is 15.7 Å². The summed E-state index contributed by atoms with van der Waals surface area (Å²) in [6.07, 6.45) is 2.00. The first-order chi connectivity index (χ1) is 15.3. The minimum Gasteiger partial charge on any atom is -0.340 e. The average Bonchev–Trinajstić information content (AvgIpc) is 2.65. The van der Waals surface area contributed by atoms with Gasteiger partial charge in [0, 0.05) is 36.9 Å². The van der Waals surface area contributed by atoms with Gasteiger partial charge >= 0.3 is 0 Å². The van der Waals surface area contributed by atoms with E-state index in [1.54, 1.807) is 0 Å². The first-order valence-corrected chi connectivity index (χ1v) is 12.0. The third-order valence-electron chi connectivity index (χ3n) is 5.07. The molecule has 0 spiro atoms.